The fourth-order valence-corrected chi connectivity index (χ4v) is 1.62. The number of nitrogens with one attached hydrogen (secondary N) is 1. The maximum atomic E-state index is 13.8. The zero-order valence-corrected chi connectivity index (χ0v) is 11.5. The van der Waals surface area contributed by atoms with Crippen molar-refractivity contribution in [3.8, 4) is 5.75 Å². The van der Waals surface area contributed by atoms with E-state index in [2.05, 4.69) is 10.1 Å². The predicted molar refractivity (Wildman–Crippen MR) is 66.5 cm³/mol. The molecule has 1 unspecified atom stereocenters. The Bertz CT molecular complexity index is 456. The van der Waals surface area contributed by atoms with Gasteiger partial charge in [0.05, 0.1) is 19.8 Å². The molecule has 3 nitrogen and oxygen atoms in total. The number of benzene rings is 1. The van der Waals surface area contributed by atoms with Gasteiger partial charge in [-0.05, 0) is 13.1 Å². The second-order valence-electron chi connectivity index (χ2n) is 4.31. The molecule has 0 bridgehead atoms. The van der Waals surface area contributed by atoms with Crippen molar-refractivity contribution in [1.82, 2.24) is 5.32 Å². The van der Waals surface area contributed by atoms with Gasteiger partial charge in [-0.15, -0.1) is 0 Å². The van der Waals surface area contributed by atoms with Gasteiger partial charge in [0.25, 0.3) is 0 Å². The molecular weight excluding hydrogens is 297 g/mol. The number of halogens is 5. The highest BCUT2D eigenvalue weighted by Gasteiger charge is 2.41. The van der Waals surface area contributed by atoms with E-state index in [-0.39, 0.29) is 12.2 Å². The molecule has 0 fully saturated rings. The lowest BCUT2D eigenvalue weighted by atomic mass is 10.1. The van der Waals surface area contributed by atoms with Gasteiger partial charge in [-0.25, -0.2) is 13.2 Å². The number of hydrogen-bond acceptors (Lipinski definition) is 3. The first-order valence-electron chi connectivity index (χ1n) is 6.06. The standard InChI is InChI=1S/C13H16F5NO2/c1-19-11(6-21-7-13(17,18)12(15)16)9-4-3-8(20-2)5-10(9)14/h3-5,11-12,19H,6-7H2,1-2H3. The zero-order valence-electron chi connectivity index (χ0n) is 11.5. The topological polar surface area (TPSA) is 30.5 Å². The van der Waals surface area contributed by atoms with Gasteiger partial charge >= 0.3 is 12.3 Å². The van der Waals surface area contributed by atoms with E-state index in [0.29, 0.717) is 5.75 Å². The second kappa shape index (κ2) is 7.56. The van der Waals surface area contributed by atoms with Gasteiger partial charge in [0.2, 0.25) is 0 Å². The molecule has 0 aliphatic rings. The molecule has 0 saturated carbocycles. The van der Waals surface area contributed by atoms with E-state index < -0.39 is 30.8 Å². The minimum absolute atomic E-state index is 0.165. The van der Waals surface area contributed by atoms with Crippen LogP contribution in [0.3, 0.4) is 0 Å². The minimum atomic E-state index is -4.23. The van der Waals surface area contributed by atoms with E-state index in [1.807, 2.05) is 0 Å². The third-order valence-electron chi connectivity index (χ3n) is 2.83. The molecule has 0 aromatic heterocycles. The zero-order chi connectivity index (χ0) is 16.0. The molecule has 0 aliphatic carbocycles. The second-order valence-corrected chi connectivity index (χ2v) is 4.31. The molecule has 1 aromatic carbocycles. The SMILES string of the molecule is CNC(COCC(F)(F)C(F)F)c1ccc(OC)cc1F. The Morgan fingerprint density at radius 3 is 2.43 bits per heavy atom. The Labute approximate surface area is 119 Å². The maximum absolute atomic E-state index is 13.8. The molecule has 120 valence electrons. The summed E-state index contributed by atoms with van der Waals surface area (Å²) >= 11 is 0. The number of methoxy groups -OCH3 is 1. The van der Waals surface area contributed by atoms with Gasteiger partial charge in [-0.3, -0.25) is 0 Å². The van der Waals surface area contributed by atoms with Crippen LogP contribution in [0.4, 0.5) is 22.0 Å². The molecule has 1 atom stereocenters. The molecule has 1 rings (SSSR count). The predicted octanol–water partition coefficient (Wildman–Crippen LogP) is 3.01. The monoisotopic (exact) mass is 313 g/mol. The summed E-state index contributed by atoms with van der Waals surface area (Å²) in [4.78, 5) is 0. The first-order valence-corrected chi connectivity index (χ1v) is 6.06. The third-order valence-corrected chi connectivity index (χ3v) is 2.83. The van der Waals surface area contributed by atoms with Crippen LogP contribution in [-0.2, 0) is 4.74 Å². The maximum Gasteiger partial charge on any atom is 0.330 e. The Morgan fingerprint density at radius 2 is 1.95 bits per heavy atom. The highest BCUT2D eigenvalue weighted by Crippen LogP contribution is 2.25. The summed E-state index contributed by atoms with van der Waals surface area (Å²) in [6.07, 6.45) is -3.80. The fraction of sp³-hybridized carbons (Fsp3) is 0.538. The van der Waals surface area contributed by atoms with Crippen LogP contribution in [0.25, 0.3) is 0 Å². The van der Waals surface area contributed by atoms with Gasteiger partial charge in [-0.1, -0.05) is 6.07 Å². The van der Waals surface area contributed by atoms with Gasteiger partial charge < -0.3 is 14.8 Å². The van der Waals surface area contributed by atoms with Crippen molar-refractivity contribution in [2.75, 3.05) is 27.4 Å². The van der Waals surface area contributed by atoms with Crippen molar-refractivity contribution in [2.45, 2.75) is 18.4 Å². The number of rotatable bonds is 8. The summed E-state index contributed by atoms with van der Waals surface area (Å²) in [7, 11) is 2.85. The Morgan fingerprint density at radius 1 is 1.29 bits per heavy atom. The summed E-state index contributed by atoms with van der Waals surface area (Å²) in [5, 5.41) is 2.67. The molecule has 0 amide bonds. The van der Waals surface area contributed by atoms with E-state index in [0.717, 1.165) is 6.07 Å². The fourth-order valence-electron chi connectivity index (χ4n) is 1.62. The largest absolute Gasteiger partial charge is 0.497 e. The van der Waals surface area contributed by atoms with E-state index in [4.69, 9.17) is 4.74 Å². The van der Waals surface area contributed by atoms with Crippen molar-refractivity contribution in [3.05, 3.63) is 29.6 Å². The van der Waals surface area contributed by atoms with E-state index in [1.165, 1.54) is 26.3 Å². The van der Waals surface area contributed by atoms with Crippen LogP contribution in [-0.4, -0.2) is 39.7 Å². The number of likely N-dealkylation sites (N-methyl/N-ethyl adjacent to an activating group) is 1. The molecular formula is C13H16F5NO2. The smallest absolute Gasteiger partial charge is 0.330 e. The third kappa shape index (κ3) is 4.82. The van der Waals surface area contributed by atoms with Crippen LogP contribution in [0, 0.1) is 5.82 Å². The first kappa shape index (κ1) is 17.6. The average Bonchev–Trinajstić information content (AvgIpc) is 2.43. The molecule has 21 heavy (non-hydrogen) atoms. The molecule has 0 heterocycles. The molecule has 1 aromatic rings. The summed E-state index contributed by atoms with van der Waals surface area (Å²) in [5.41, 5.74) is 0.165. The summed E-state index contributed by atoms with van der Waals surface area (Å²) < 4.78 is 72.6. The van der Waals surface area contributed by atoms with Crippen LogP contribution < -0.4 is 10.1 Å². The van der Waals surface area contributed by atoms with E-state index in [1.54, 1.807) is 0 Å². The van der Waals surface area contributed by atoms with Crippen molar-refractivity contribution in [2.24, 2.45) is 0 Å². The van der Waals surface area contributed by atoms with Crippen LogP contribution in [0.15, 0.2) is 18.2 Å². The summed E-state index contributed by atoms with van der Waals surface area (Å²) in [5.74, 6) is -4.54. The van der Waals surface area contributed by atoms with Crippen LogP contribution in [0.2, 0.25) is 0 Å². The summed E-state index contributed by atoms with van der Waals surface area (Å²) in [6.45, 7) is -1.80. The average molecular weight is 313 g/mol. The van der Waals surface area contributed by atoms with E-state index in [9.17, 15) is 22.0 Å². The van der Waals surface area contributed by atoms with Crippen LogP contribution in [0.5, 0.6) is 5.75 Å². The van der Waals surface area contributed by atoms with Gasteiger partial charge in [0.15, 0.2) is 0 Å². The lowest BCUT2D eigenvalue weighted by Crippen LogP contribution is -2.34. The van der Waals surface area contributed by atoms with Crippen molar-refractivity contribution < 1.29 is 31.4 Å². The summed E-state index contributed by atoms with van der Waals surface area (Å²) in [6, 6.07) is 3.29. The van der Waals surface area contributed by atoms with Gasteiger partial charge in [0.1, 0.15) is 18.2 Å². The Hall–Kier alpha value is -1.41. The molecule has 1 N–H and O–H groups in total. The highest BCUT2D eigenvalue weighted by molar-refractivity contribution is 5.30. The molecule has 8 heteroatoms. The normalized spacial score (nSPS) is 13.5. The molecule has 0 spiro atoms. The van der Waals surface area contributed by atoms with Crippen LogP contribution >= 0.6 is 0 Å². The number of alkyl halides is 4. The quantitative estimate of drug-likeness (QED) is 0.749. The van der Waals surface area contributed by atoms with Gasteiger partial charge in [-0.2, -0.15) is 8.78 Å². The van der Waals surface area contributed by atoms with E-state index >= 15 is 0 Å². The lowest BCUT2D eigenvalue weighted by Gasteiger charge is -2.20. The number of ether oxygens (including phenoxy) is 2. The van der Waals surface area contributed by atoms with Crippen molar-refractivity contribution in [1.29, 1.82) is 0 Å². The molecule has 0 aliphatic heterocycles. The van der Waals surface area contributed by atoms with Crippen molar-refractivity contribution >= 4 is 0 Å². The van der Waals surface area contributed by atoms with Crippen molar-refractivity contribution in [3.63, 3.8) is 0 Å². The van der Waals surface area contributed by atoms with Gasteiger partial charge in [0, 0.05) is 11.6 Å². The highest BCUT2D eigenvalue weighted by atomic mass is 19.3. The minimum Gasteiger partial charge on any atom is -0.497 e. The Balaban J connectivity index is 2.67. The van der Waals surface area contributed by atoms with Crippen LogP contribution in [0.1, 0.15) is 11.6 Å². The lowest BCUT2D eigenvalue weighted by molar-refractivity contribution is -0.167. The first-order chi connectivity index (χ1) is 9.81. The Kier molecular flexibility index (Phi) is 6.35. The number of hydrogen-bond donors (Lipinski definition) is 1. The molecule has 0 saturated heterocycles. The molecule has 0 radical (unpaired) electrons.